The molecule has 1 aromatic rings. The van der Waals surface area contributed by atoms with Gasteiger partial charge in [0.15, 0.2) is 0 Å². The third-order valence-electron chi connectivity index (χ3n) is 4.12. The largest absolute Gasteiger partial charge is 0.377 e. The van der Waals surface area contributed by atoms with Crippen molar-refractivity contribution in [1.29, 1.82) is 0 Å². The van der Waals surface area contributed by atoms with E-state index >= 15 is 0 Å². The standard InChI is InChI=1S/C16H26N4O/c1-11(2)16-18-12(3)8-15(19-16)20-6-7-21-10-14(20)9-17-13-4-5-13/h8,11,13-14,17H,4-7,9-10H2,1-3H3. The number of ether oxygens (including phenoxy) is 1. The van der Waals surface area contributed by atoms with Gasteiger partial charge in [-0.1, -0.05) is 13.8 Å². The molecule has 0 aromatic carbocycles. The van der Waals surface area contributed by atoms with Crippen LogP contribution in [0.25, 0.3) is 0 Å². The van der Waals surface area contributed by atoms with Gasteiger partial charge in [-0.15, -0.1) is 0 Å². The Bertz CT molecular complexity index is 487. The van der Waals surface area contributed by atoms with E-state index in [0.29, 0.717) is 12.0 Å². The Labute approximate surface area is 127 Å². The molecular formula is C16H26N4O. The number of morpholine rings is 1. The molecule has 1 unspecified atom stereocenters. The van der Waals surface area contributed by atoms with E-state index in [4.69, 9.17) is 9.72 Å². The minimum atomic E-state index is 0.354. The molecule has 1 N–H and O–H groups in total. The number of rotatable bonds is 5. The van der Waals surface area contributed by atoms with E-state index in [0.717, 1.165) is 49.7 Å². The predicted octanol–water partition coefficient (Wildman–Crippen LogP) is 1.87. The lowest BCUT2D eigenvalue weighted by Crippen LogP contribution is -2.51. The highest BCUT2D eigenvalue weighted by Gasteiger charge is 2.28. The van der Waals surface area contributed by atoms with Crippen LogP contribution < -0.4 is 10.2 Å². The molecule has 2 heterocycles. The lowest BCUT2D eigenvalue weighted by Gasteiger charge is -2.37. The first-order valence-electron chi connectivity index (χ1n) is 8.07. The summed E-state index contributed by atoms with van der Waals surface area (Å²) in [6.45, 7) is 9.78. The van der Waals surface area contributed by atoms with Crippen LogP contribution in [0.5, 0.6) is 0 Å². The summed E-state index contributed by atoms with van der Waals surface area (Å²) >= 11 is 0. The maximum Gasteiger partial charge on any atom is 0.133 e. The molecule has 5 nitrogen and oxygen atoms in total. The van der Waals surface area contributed by atoms with Gasteiger partial charge in [0, 0.05) is 36.8 Å². The monoisotopic (exact) mass is 290 g/mol. The van der Waals surface area contributed by atoms with E-state index < -0.39 is 0 Å². The Hall–Kier alpha value is -1.20. The molecule has 1 saturated carbocycles. The molecule has 2 fully saturated rings. The van der Waals surface area contributed by atoms with Crippen molar-refractivity contribution in [3.05, 3.63) is 17.6 Å². The number of hydrogen-bond donors (Lipinski definition) is 1. The van der Waals surface area contributed by atoms with Crippen molar-refractivity contribution in [3.63, 3.8) is 0 Å². The highest BCUT2D eigenvalue weighted by Crippen LogP contribution is 2.22. The van der Waals surface area contributed by atoms with Gasteiger partial charge in [0.05, 0.1) is 19.3 Å². The van der Waals surface area contributed by atoms with Crippen molar-refractivity contribution in [2.24, 2.45) is 0 Å². The van der Waals surface area contributed by atoms with Crippen LogP contribution in [0.4, 0.5) is 5.82 Å². The van der Waals surface area contributed by atoms with Gasteiger partial charge < -0.3 is 15.0 Å². The molecule has 21 heavy (non-hydrogen) atoms. The average molecular weight is 290 g/mol. The zero-order chi connectivity index (χ0) is 14.8. The topological polar surface area (TPSA) is 50.3 Å². The summed E-state index contributed by atoms with van der Waals surface area (Å²) in [5.74, 6) is 2.34. The van der Waals surface area contributed by atoms with Gasteiger partial charge in [-0.2, -0.15) is 0 Å². The summed E-state index contributed by atoms with van der Waals surface area (Å²) in [4.78, 5) is 11.7. The van der Waals surface area contributed by atoms with Crippen LogP contribution in [0.2, 0.25) is 0 Å². The van der Waals surface area contributed by atoms with E-state index in [1.54, 1.807) is 0 Å². The lowest BCUT2D eigenvalue weighted by molar-refractivity contribution is 0.0932. The molecule has 5 heteroatoms. The number of hydrogen-bond acceptors (Lipinski definition) is 5. The molecule has 1 aliphatic heterocycles. The summed E-state index contributed by atoms with van der Waals surface area (Å²) in [5.41, 5.74) is 1.05. The van der Waals surface area contributed by atoms with Crippen LogP contribution in [-0.4, -0.2) is 48.4 Å². The second-order valence-corrected chi connectivity index (χ2v) is 6.49. The van der Waals surface area contributed by atoms with E-state index in [9.17, 15) is 0 Å². The molecule has 3 rings (SSSR count). The highest BCUT2D eigenvalue weighted by atomic mass is 16.5. The molecule has 0 radical (unpaired) electrons. The van der Waals surface area contributed by atoms with E-state index in [1.165, 1.54) is 12.8 Å². The van der Waals surface area contributed by atoms with Gasteiger partial charge in [0.1, 0.15) is 11.6 Å². The van der Waals surface area contributed by atoms with Gasteiger partial charge in [0.25, 0.3) is 0 Å². The first-order valence-corrected chi connectivity index (χ1v) is 8.07. The normalized spacial score (nSPS) is 22.9. The third-order valence-corrected chi connectivity index (χ3v) is 4.12. The van der Waals surface area contributed by atoms with E-state index in [1.807, 2.05) is 0 Å². The molecule has 1 aromatic heterocycles. The minimum absolute atomic E-state index is 0.354. The molecule has 0 bridgehead atoms. The van der Waals surface area contributed by atoms with Gasteiger partial charge in [0.2, 0.25) is 0 Å². The van der Waals surface area contributed by atoms with E-state index in [-0.39, 0.29) is 0 Å². The summed E-state index contributed by atoms with van der Waals surface area (Å²) in [7, 11) is 0. The van der Waals surface area contributed by atoms with Crippen molar-refractivity contribution in [3.8, 4) is 0 Å². The zero-order valence-corrected chi connectivity index (χ0v) is 13.3. The SMILES string of the molecule is Cc1cc(N2CCOCC2CNC2CC2)nc(C(C)C)n1. The van der Waals surface area contributed by atoms with Crippen molar-refractivity contribution in [1.82, 2.24) is 15.3 Å². The fraction of sp³-hybridized carbons (Fsp3) is 0.750. The first kappa shape index (κ1) is 14.7. The maximum atomic E-state index is 5.67. The summed E-state index contributed by atoms with van der Waals surface area (Å²) in [5, 5.41) is 3.61. The number of anilines is 1. The smallest absolute Gasteiger partial charge is 0.133 e. The van der Waals surface area contributed by atoms with Gasteiger partial charge in [-0.3, -0.25) is 0 Å². The first-order chi connectivity index (χ1) is 10.1. The molecule has 0 spiro atoms. The Balaban J connectivity index is 1.77. The Morgan fingerprint density at radius 3 is 2.90 bits per heavy atom. The Morgan fingerprint density at radius 2 is 2.19 bits per heavy atom. The average Bonchev–Trinajstić information content (AvgIpc) is 3.29. The second kappa shape index (κ2) is 6.28. The number of aryl methyl sites for hydroxylation is 1. The molecular weight excluding hydrogens is 264 g/mol. The van der Waals surface area contributed by atoms with Crippen LogP contribution >= 0.6 is 0 Å². The van der Waals surface area contributed by atoms with Crippen LogP contribution in [0.1, 0.15) is 44.1 Å². The van der Waals surface area contributed by atoms with Crippen LogP contribution in [0.15, 0.2) is 6.07 Å². The van der Waals surface area contributed by atoms with Crippen molar-refractivity contribution in [2.45, 2.75) is 51.6 Å². The second-order valence-electron chi connectivity index (χ2n) is 6.49. The summed E-state index contributed by atoms with van der Waals surface area (Å²) in [6.07, 6.45) is 2.63. The lowest BCUT2D eigenvalue weighted by atomic mass is 10.2. The number of aromatic nitrogens is 2. The van der Waals surface area contributed by atoms with Crippen molar-refractivity contribution < 1.29 is 4.74 Å². The molecule has 0 amide bonds. The van der Waals surface area contributed by atoms with Crippen LogP contribution in [-0.2, 0) is 4.74 Å². The highest BCUT2D eigenvalue weighted by molar-refractivity contribution is 5.42. The summed E-state index contributed by atoms with van der Waals surface area (Å²) in [6, 6.07) is 3.20. The molecule has 116 valence electrons. The molecule has 1 aliphatic carbocycles. The number of nitrogens with zero attached hydrogens (tertiary/aromatic N) is 3. The molecule has 2 aliphatic rings. The van der Waals surface area contributed by atoms with Crippen LogP contribution in [0.3, 0.4) is 0 Å². The quantitative estimate of drug-likeness (QED) is 0.897. The maximum absolute atomic E-state index is 5.67. The van der Waals surface area contributed by atoms with Crippen LogP contribution in [0, 0.1) is 6.92 Å². The van der Waals surface area contributed by atoms with Gasteiger partial charge >= 0.3 is 0 Å². The van der Waals surface area contributed by atoms with Gasteiger partial charge in [-0.25, -0.2) is 9.97 Å². The minimum Gasteiger partial charge on any atom is -0.377 e. The third kappa shape index (κ3) is 3.71. The van der Waals surface area contributed by atoms with E-state index in [2.05, 4.69) is 42.0 Å². The fourth-order valence-electron chi connectivity index (χ4n) is 2.70. The Kier molecular flexibility index (Phi) is 4.40. The fourth-order valence-corrected chi connectivity index (χ4v) is 2.70. The Morgan fingerprint density at radius 1 is 1.38 bits per heavy atom. The summed E-state index contributed by atoms with van der Waals surface area (Å²) < 4.78 is 5.67. The van der Waals surface area contributed by atoms with Crippen molar-refractivity contribution in [2.75, 3.05) is 31.2 Å². The number of nitrogens with one attached hydrogen (secondary N) is 1. The zero-order valence-electron chi connectivity index (χ0n) is 13.3. The van der Waals surface area contributed by atoms with Crippen molar-refractivity contribution >= 4 is 5.82 Å². The molecule has 1 atom stereocenters. The van der Waals surface area contributed by atoms with Gasteiger partial charge in [-0.05, 0) is 19.8 Å². The molecule has 1 saturated heterocycles. The predicted molar refractivity (Wildman–Crippen MR) is 83.8 cm³/mol.